The van der Waals surface area contributed by atoms with Crippen LogP contribution in [0.5, 0.6) is 0 Å². The third-order valence-corrected chi connectivity index (χ3v) is 6.73. The minimum Gasteiger partial charge on any atom is -0.391 e. The number of sulfonamides is 1. The SMILES string of the molecule is Cc1nc(CN(C)S(=O)(=O)c2cc(CO)sc2C)cs1. The number of thiazole rings is 1. The Bertz CT molecular complexity index is 703. The highest BCUT2D eigenvalue weighted by Gasteiger charge is 2.25. The molecule has 0 radical (unpaired) electrons. The van der Waals surface area contributed by atoms with E-state index >= 15 is 0 Å². The van der Waals surface area contributed by atoms with Crippen LogP contribution in [0.15, 0.2) is 16.3 Å². The van der Waals surface area contributed by atoms with Crippen LogP contribution in [0.2, 0.25) is 0 Å². The summed E-state index contributed by atoms with van der Waals surface area (Å²) in [6, 6.07) is 1.54. The summed E-state index contributed by atoms with van der Waals surface area (Å²) < 4.78 is 26.3. The summed E-state index contributed by atoms with van der Waals surface area (Å²) in [4.78, 5) is 5.88. The Morgan fingerprint density at radius 2 is 2.10 bits per heavy atom. The van der Waals surface area contributed by atoms with Crippen molar-refractivity contribution in [2.45, 2.75) is 31.9 Å². The summed E-state index contributed by atoms with van der Waals surface area (Å²) in [5, 5.41) is 11.9. The Morgan fingerprint density at radius 3 is 2.60 bits per heavy atom. The third kappa shape index (κ3) is 3.09. The lowest BCUT2D eigenvalue weighted by molar-refractivity contribution is 0.285. The Kier molecular flexibility index (Phi) is 4.60. The Balaban J connectivity index is 2.26. The monoisotopic (exact) mass is 332 g/mol. The Morgan fingerprint density at radius 1 is 1.40 bits per heavy atom. The molecule has 0 saturated heterocycles. The minimum atomic E-state index is -3.55. The number of rotatable bonds is 5. The van der Waals surface area contributed by atoms with Crippen molar-refractivity contribution in [2.24, 2.45) is 0 Å². The molecule has 0 aliphatic heterocycles. The minimum absolute atomic E-state index is 0.143. The number of nitrogens with zero attached hydrogens (tertiary/aromatic N) is 2. The Labute approximate surface area is 126 Å². The summed E-state index contributed by atoms with van der Waals surface area (Å²) in [7, 11) is -2.01. The van der Waals surface area contributed by atoms with Gasteiger partial charge in [-0.05, 0) is 19.9 Å². The first-order valence-electron chi connectivity index (χ1n) is 5.92. The van der Waals surface area contributed by atoms with Gasteiger partial charge in [-0.25, -0.2) is 13.4 Å². The van der Waals surface area contributed by atoms with Crippen LogP contribution in [-0.2, 0) is 23.2 Å². The molecule has 2 heterocycles. The van der Waals surface area contributed by atoms with Gasteiger partial charge >= 0.3 is 0 Å². The smallest absolute Gasteiger partial charge is 0.244 e. The van der Waals surface area contributed by atoms with E-state index in [1.165, 1.54) is 33.0 Å². The number of aromatic nitrogens is 1. The van der Waals surface area contributed by atoms with Gasteiger partial charge in [-0.3, -0.25) is 0 Å². The number of aliphatic hydroxyl groups excluding tert-OH is 1. The standard InChI is InChI=1S/C12H16N2O3S3/c1-8-12(4-11(6-15)19-8)20(16,17)14(3)5-10-7-18-9(2)13-10/h4,7,15H,5-6H2,1-3H3. The molecule has 110 valence electrons. The number of thiophene rings is 1. The summed E-state index contributed by atoms with van der Waals surface area (Å²) >= 11 is 2.80. The summed E-state index contributed by atoms with van der Waals surface area (Å²) in [6.07, 6.45) is 0. The zero-order valence-electron chi connectivity index (χ0n) is 11.5. The molecule has 2 aromatic heterocycles. The van der Waals surface area contributed by atoms with Crippen LogP contribution < -0.4 is 0 Å². The van der Waals surface area contributed by atoms with Gasteiger partial charge in [0.15, 0.2) is 0 Å². The molecule has 0 bridgehead atoms. The van der Waals surface area contributed by atoms with Crippen molar-refractivity contribution in [3.8, 4) is 0 Å². The second-order valence-corrected chi connectivity index (χ2v) is 8.83. The van der Waals surface area contributed by atoms with Gasteiger partial charge in [-0.2, -0.15) is 4.31 Å². The lowest BCUT2D eigenvalue weighted by Gasteiger charge is -2.15. The van der Waals surface area contributed by atoms with Crippen LogP contribution in [0.4, 0.5) is 0 Å². The maximum absolute atomic E-state index is 12.5. The largest absolute Gasteiger partial charge is 0.391 e. The molecule has 20 heavy (non-hydrogen) atoms. The van der Waals surface area contributed by atoms with Crippen LogP contribution in [0, 0.1) is 13.8 Å². The maximum atomic E-state index is 12.5. The van der Waals surface area contributed by atoms with Gasteiger partial charge in [0.1, 0.15) is 0 Å². The van der Waals surface area contributed by atoms with Crippen molar-refractivity contribution >= 4 is 32.7 Å². The highest BCUT2D eigenvalue weighted by molar-refractivity contribution is 7.89. The lowest BCUT2D eigenvalue weighted by Crippen LogP contribution is -2.26. The molecule has 0 aromatic carbocycles. The molecule has 5 nitrogen and oxygen atoms in total. The molecule has 0 aliphatic carbocycles. The van der Waals surface area contributed by atoms with Gasteiger partial charge in [0, 0.05) is 22.2 Å². The number of aryl methyl sites for hydroxylation is 2. The van der Waals surface area contributed by atoms with Crippen LogP contribution in [0.1, 0.15) is 20.5 Å². The molecule has 0 amide bonds. The molecule has 0 fully saturated rings. The van der Waals surface area contributed by atoms with Crippen molar-refractivity contribution in [3.05, 3.63) is 31.9 Å². The average Bonchev–Trinajstić information content (AvgIpc) is 2.95. The second-order valence-electron chi connectivity index (χ2n) is 4.41. The van der Waals surface area contributed by atoms with Crippen molar-refractivity contribution in [1.29, 1.82) is 0 Å². The van der Waals surface area contributed by atoms with E-state index in [1.54, 1.807) is 14.0 Å². The highest BCUT2D eigenvalue weighted by atomic mass is 32.2. The fraction of sp³-hybridized carbons (Fsp3) is 0.417. The van der Waals surface area contributed by atoms with Gasteiger partial charge in [0.2, 0.25) is 10.0 Å². The fourth-order valence-electron chi connectivity index (χ4n) is 1.82. The molecule has 2 aromatic rings. The lowest BCUT2D eigenvalue weighted by atomic mass is 10.4. The molecular formula is C12H16N2O3S3. The quantitative estimate of drug-likeness (QED) is 0.910. The highest BCUT2D eigenvalue weighted by Crippen LogP contribution is 2.28. The molecule has 0 atom stereocenters. The van der Waals surface area contributed by atoms with Crippen LogP contribution in [0.3, 0.4) is 0 Å². The number of hydrogen-bond acceptors (Lipinski definition) is 6. The fourth-order valence-corrected chi connectivity index (χ4v) is 5.03. The van der Waals surface area contributed by atoms with E-state index in [0.29, 0.717) is 9.75 Å². The average molecular weight is 332 g/mol. The molecule has 2 rings (SSSR count). The summed E-state index contributed by atoms with van der Waals surface area (Å²) in [6.45, 7) is 3.74. The van der Waals surface area contributed by atoms with Crippen molar-refractivity contribution in [1.82, 2.24) is 9.29 Å². The van der Waals surface area contributed by atoms with E-state index in [0.717, 1.165) is 10.7 Å². The maximum Gasteiger partial charge on any atom is 0.244 e. The molecule has 1 N–H and O–H groups in total. The normalized spacial score (nSPS) is 12.2. The topological polar surface area (TPSA) is 70.5 Å². The van der Waals surface area contributed by atoms with E-state index in [1.807, 2.05) is 12.3 Å². The molecule has 0 unspecified atom stereocenters. The van der Waals surface area contributed by atoms with Gasteiger partial charge in [-0.1, -0.05) is 0 Å². The number of hydrogen-bond donors (Lipinski definition) is 1. The predicted octanol–water partition coefficient (Wildman–Crippen LogP) is 2.13. The van der Waals surface area contributed by atoms with E-state index in [4.69, 9.17) is 5.11 Å². The zero-order valence-corrected chi connectivity index (χ0v) is 13.9. The second kappa shape index (κ2) is 5.90. The van der Waals surface area contributed by atoms with Crippen molar-refractivity contribution in [3.63, 3.8) is 0 Å². The summed E-state index contributed by atoms with van der Waals surface area (Å²) in [5.41, 5.74) is 0.744. The van der Waals surface area contributed by atoms with Crippen LogP contribution in [-0.4, -0.2) is 29.9 Å². The predicted molar refractivity (Wildman–Crippen MR) is 80.5 cm³/mol. The van der Waals surface area contributed by atoms with E-state index in [-0.39, 0.29) is 18.0 Å². The molecule has 0 spiro atoms. The van der Waals surface area contributed by atoms with Crippen molar-refractivity contribution in [2.75, 3.05) is 7.05 Å². The van der Waals surface area contributed by atoms with Crippen molar-refractivity contribution < 1.29 is 13.5 Å². The molecule has 0 aliphatic rings. The van der Waals surface area contributed by atoms with Crippen LogP contribution >= 0.6 is 22.7 Å². The van der Waals surface area contributed by atoms with Gasteiger partial charge in [-0.15, -0.1) is 22.7 Å². The third-order valence-electron chi connectivity index (χ3n) is 2.82. The molecule has 8 heteroatoms. The van der Waals surface area contributed by atoms with Gasteiger partial charge in [0.25, 0.3) is 0 Å². The summed E-state index contributed by atoms with van der Waals surface area (Å²) in [5.74, 6) is 0. The molecule has 0 saturated carbocycles. The first-order chi connectivity index (χ1) is 9.34. The first-order valence-corrected chi connectivity index (χ1v) is 9.05. The molecular weight excluding hydrogens is 316 g/mol. The van der Waals surface area contributed by atoms with E-state index < -0.39 is 10.0 Å². The zero-order chi connectivity index (χ0) is 14.9. The number of aliphatic hydroxyl groups is 1. The van der Waals surface area contributed by atoms with Gasteiger partial charge in [0.05, 0.1) is 28.7 Å². The Hall–Kier alpha value is -0.800. The van der Waals surface area contributed by atoms with Crippen LogP contribution in [0.25, 0.3) is 0 Å². The van der Waals surface area contributed by atoms with Gasteiger partial charge < -0.3 is 5.11 Å². The van der Waals surface area contributed by atoms with E-state index in [2.05, 4.69) is 4.98 Å². The first kappa shape index (κ1) is 15.6. The van der Waals surface area contributed by atoms with E-state index in [9.17, 15) is 8.42 Å².